The van der Waals surface area contributed by atoms with Gasteiger partial charge in [-0.25, -0.2) is 8.78 Å². The fourth-order valence-electron chi connectivity index (χ4n) is 2.72. The minimum Gasteiger partial charge on any atom is -0.396 e. The Hall–Kier alpha value is -0.960. The minimum absolute atomic E-state index is 0.0103. The molecule has 18 heavy (non-hydrogen) atoms. The highest BCUT2D eigenvalue weighted by Crippen LogP contribution is 2.35. The summed E-state index contributed by atoms with van der Waals surface area (Å²) in [6.07, 6.45) is 5.62. The van der Waals surface area contributed by atoms with Crippen molar-refractivity contribution in [2.24, 2.45) is 0 Å². The number of alkyl halides is 2. The standard InChI is InChI=1S/C15H20F2O/c16-15(17,10-11-18)14-8-6-13(7-9-14)12-4-2-1-3-5-12/h6-9,12,18H,1-5,10-11H2. The van der Waals surface area contributed by atoms with Crippen molar-refractivity contribution in [3.8, 4) is 0 Å². The van der Waals surface area contributed by atoms with E-state index in [2.05, 4.69) is 0 Å². The van der Waals surface area contributed by atoms with Gasteiger partial charge in [0.05, 0.1) is 0 Å². The molecule has 0 radical (unpaired) electrons. The maximum absolute atomic E-state index is 13.6. The number of aliphatic hydroxyl groups is 1. The first-order chi connectivity index (χ1) is 8.63. The molecule has 1 aliphatic carbocycles. The third-order valence-electron chi connectivity index (χ3n) is 3.84. The minimum atomic E-state index is -2.92. The summed E-state index contributed by atoms with van der Waals surface area (Å²) < 4.78 is 27.1. The predicted molar refractivity (Wildman–Crippen MR) is 67.9 cm³/mol. The largest absolute Gasteiger partial charge is 0.396 e. The lowest BCUT2D eigenvalue weighted by molar-refractivity contribution is -0.0269. The van der Waals surface area contributed by atoms with Gasteiger partial charge in [-0.15, -0.1) is 0 Å². The van der Waals surface area contributed by atoms with Crippen LogP contribution < -0.4 is 0 Å². The summed E-state index contributed by atoms with van der Waals surface area (Å²) in [5.74, 6) is -2.38. The van der Waals surface area contributed by atoms with Crippen LogP contribution in [-0.4, -0.2) is 11.7 Å². The Bertz CT molecular complexity index is 367. The van der Waals surface area contributed by atoms with Crippen molar-refractivity contribution in [3.05, 3.63) is 35.4 Å². The molecule has 0 spiro atoms. The van der Waals surface area contributed by atoms with Crippen molar-refractivity contribution in [1.82, 2.24) is 0 Å². The van der Waals surface area contributed by atoms with Crippen molar-refractivity contribution in [1.29, 1.82) is 0 Å². The third-order valence-corrected chi connectivity index (χ3v) is 3.84. The summed E-state index contributed by atoms with van der Waals surface area (Å²) in [5.41, 5.74) is 1.19. The van der Waals surface area contributed by atoms with Gasteiger partial charge < -0.3 is 5.11 Å². The van der Waals surface area contributed by atoms with E-state index in [1.165, 1.54) is 49.8 Å². The zero-order chi connectivity index (χ0) is 13.0. The Morgan fingerprint density at radius 3 is 2.22 bits per heavy atom. The first-order valence-electron chi connectivity index (χ1n) is 6.72. The monoisotopic (exact) mass is 254 g/mol. The van der Waals surface area contributed by atoms with Crippen LogP contribution in [0.1, 0.15) is 55.6 Å². The van der Waals surface area contributed by atoms with Crippen LogP contribution in [0.4, 0.5) is 8.78 Å². The van der Waals surface area contributed by atoms with E-state index >= 15 is 0 Å². The molecule has 3 heteroatoms. The van der Waals surface area contributed by atoms with E-state index < -0.39 is 19.0 Å². The Labute approximate surface area is 107 Å². The summed E-state index contributed by atoms with van der Waals surface area (Å²) in [4.78, 5) is 0. The number of benzene rings is 1. The van der Waals surface area contributed by atoms with Crippen molar-refractivity contribution >= 4 is 0 Å². The van der Waals surface area contributed by atoms with Gasteiger partial charge in [0.1, 0.15) is 0 Å². The van der Waals surface area contributed by atoms with Crippen LogP contribution in [0.25, 0.3) is 0 Å². The van der Waals surface area contributed by atoms with Crippen LogP contribution in [0.15, 0.2) is 24.3 Å². The molecular formula is C15H20F2O. The van der Waals surface area contributed by atoms with Gasteiger partial charge in [-0.1, -0.05) is 43.5 Å². The van der Waals surface area contributed by atoms with E-state index in [1.807, 2.05) is 12.1 Å². The molecule has 0 amide bonds. The van der Waals surface area contributed by atoms with Crippen LogP contribution in [0, 0.1) is 0 Å². The number of hydrogen-bond donors (Lipinski definition) is 1. The summed E-state index contributed by atoms with van der Waals surface area (Å²) in [6, 6.07) is 6.69. The molecule has 100 valence electrons. The lowest BCUT2D eigenvalue weighted by atomic mass is 9.83. The number of rotatable bonds is 4. The van der Waals surface area contributed by atoms with Crippen molar-refractivity contribution < 1.29 is 13.9 Å². The fraction of sp³-hybridized carbons (Fsp3) is 0.600. The zero-order valence-corrected chi connectivity index (χ0v) is 10.5. The predicted octanol–water partition coefficient (Wildman–Crippen LogP) is 4.21. The molecule has 1 saturated carbocycles. The van der Waals surface area contributed by atoms with Crippen molar-refractivity contribution in [2.45, 2.75) is 50.4 Å². The molecule has 0 saturated heterocycles. The topological polar surface area (TPSA) is 20.2 Å². The van der Waals surface area contributed by atoms with Gasteiger partial charge in [0.25, 0.3) is 5.92 Å². The van der Waals surface area contributed by atoms with Gasteiger partial charge in [0.15, 0.2) is 0 Å². The maximum Gasteiger partial charge on any atom is 0.275 e. The van der Waals surface area contributed by atoms with Crippen LogP contribution in [0.2, 0.25) is 0 Å². The molecule has 1 N–H and O–H groups in total. The van der Waals surface area contributed by atoms with Gasteiger partial charge in [0.2, 0.25) is 0 Å². The quantitative estimate of drug-likeness (QED) is 0.853. The number of aliphatic hydroxyl groups excluding tert-OH is 1. The van der Waals surface area contributed by atoms with Gasteiger partial charge in [-0.2, -0.15) is 0 Å². The molecule has 0 aliphatic heterocycles. The van der Waals surface area contributed by atoms with Crippen molar-refractivity contribution in [2.75, 3.05) is 6.61 Å². The molecule has 0 bridgehead atoms. The Balaban J connectivity index is 2.09. The molecule has 0 aromatic heterocycles. The average molecular weight is 254 g/mol. The van der Waals surface area contributed by atoms with E-state index in [0.717, 1.165) is 0 Å². The molecule has 0 atom stereocenters. The highest BCUT2D eigenvalue weighted by molar-refractivity contribution is 5.28. The number of hydrogen-bond acceptors (Lipinski definition) is 1. The highest BCUT2D eigenvalue weighted by atomic mass is 19.3. The fourth-order valence-corrected chi connectivity index (χ4v) is 2.72. The lowest BCUT2D eigenvalue weighted by Crippen LogP contribution is -2.15. The van der Waals surface area contributed by atoms with Crippen molar-refractivity contribution in [3.63, 3.8) is 0 Å². The highest BCUT2D eigenvalue weighted by Gasteiger charge is 2.30. The summed E-state index contributed by atoms with van der Waals surface area (Å²) in [6.45, 7) is -0.489. The van der Waals surface area contributed by atoms with Gasteiger partial charge in [0, 0.05) is 18.6 Å². The number of halogens is 2. The van der Waals surface area contributed by atoms with Gasteiger partial charge >= 0.3 is 0 Å². The molecule has 1 aromatic rings. The van der Waals surface area contributed by atoms with E-state index in [1.54, 1.807) is 0 Å². The Kier molecular flexibility index (Phi) is 4.33. The molecule has 1 aromatic carbocycles. The smallest absolute Gasteiger partial charge is 0.275 e. The van der Waals surface area contributed by atoms with E-state index in [0.29, 0.717) is 5.92 Å². The second-order valence-electron chi connectivity index (χ2n) is 5.13. The summed E-state index contributed by atoms with van der Waals surface area (Å²) in [7, 11) is 0. The van der Waals surface area contributed by atoms with Gasteiger partial charge in [-0.3, -0.25) is 0 Å². The summed E-state index contributed by atoms with van der Waals surface area (Å²) >= 11 is 0. The zero-order valence-electron chi connectivity index (χ0n) is 10.5. The molecule has 1 aliphatic rings. The normalized spacial score (nSPS) is 17.9. The van der Waals surface area contributed by atoms with Crippen LogP contribution in [0.5, 0.6) is 0 Å². The second-order valence-corrected chi connectivity index (χ2v) is 5.13. The van der Waals surface area contributed by atoms with Gasteiger partial charge in [-0.05, 0) is 24.3 Å². The Morgan fingerprint density at radius 1 is 1.06 bits per heavy atom. The SMILES string of the molecule is OCCC(F)(F)c1ccc(C2CCCCC2)cc1. The van der Waals surface area contributed by atoms with E-state index in [9.17, 15) is 8.78 Å². The van der Waals surface area contributed by atoms with Crippen LogP contribution in [-0.2, 0) is 5.92 Å². The summed E-state index contributed by atoms with van der Waals surface area (Å²) in [5, 5.41) is 8.64. The second kappa shape index (κ2) is 5.79. The molecule has 1 nitrogen and oxygen atoms in total. The van der Waals surface area contributed by atoms with Crippen LogP contribution in [0.3, 0.4) is 0 Å². The lowest BCUT2D eigenvalue weighted by Gasteiger charge is -2.23. The molecule has 0 heterocycles. The molecular weight excluding hydrogens is 234 g/mol. The average Bonchev–Trinajstić information content (AvgIpc) is 2.40. The molecule has 0 unspecified atom stereocenters. The van der Waals surface area contributed by atoms with Crippen LogP contribution >= 0.6 is 0 Å². The third kappa shape index (κ3) is 3.08. The maximum atomic E-state index is 13.6. The Morgan fingerprint density at radius 2 is 1.67 bits per heavy atom. The molecule has 1 fully saturated rings. The first-order valence-corrected chi connectivity index (χ1v) is 6.72. The van der Waals surface area contributed by atoms with E-state index in [4.69, 9.17) is 5.11 Å². The molecule has 2 rings (SSSR count). The first kappa shape index (κ1) is 13.5. The van der Waals surface area contributed by atoms with E-state index in [-0.39, 0.29) is 5.56 Å².